The Kier molecular flexibility index (Phi) is 4.86. The Balaban J connectivity index is 2.08. The number of anilines is 1. The molecule has 0 N–H and O–H groups in total. The highest BCUT2D eigenvalue weighted by atomic mass is 35.5. The van der Waals surface area contributed by atoms with E-state index in [2.05, 4.69) is 11.0 Å². The molecule has 1 aromatic carbocycles. The maximum atomic E-state index is 11.7. The van der Waals surface area contributed by atoms with Crippen molar-refractivity contribution in [1.82, 2.24) is 0 Å². The summed E-state index contributed by atoms with van der Waals surface area (Å²) in [6.45, 7) is 3.65. The van der Waals surface area contributed by atoms with Crippen LogP contribution in [-0.4, -0.2) is 25.7 Å². The van der Waals surface area contributed by atoms with Crippen LogP contribution in [0.4, 0.5) is 5.69 Å². The van der Waals surface area contributed by atoms with Crippen molar-refractivity contribution in [3.63, 3.8) is 0 Å². The van der Waals surface area contributed by atoms with Gasteiger partial charge >= 0.3 is 5.97 Å². The molecule has 1 fully saturated rings. The second-order valence-electron chi connectivity index (χ2n) is 4.76. The van der Waals surface area contributed by atoms with Crippen LogP contribution in [0.2, 0.25) is 5.02 Å². The molecule has 0 atom stereocenters. The van der Waals surface area contributed by atoms with Crippen molar-refractivity contribution < 1.29 is 9.53 Å². The van der Waals surface area contributed by atoms with E-state index in [-0.39, 0.29) is 11.9 Å². The van der Waals surface area contributed by atoms with Crippen LogP contribution in [0.15, 0.2) is 18.2 Å². The molecule has 1 aromatic rings. The molecular formula is C15H17ClN2O2. The van der Waals surface area contributed by atoms with Gasteiger partial charge in [-0.1, -0.05) is 17.7 Å². The second-order valence-corrected chi connectivity index (χ2v) is 5.17. The highest BCUT2D eigenvalue weighted by molar-refractivity contribution is 6.33. The van der Waals surface area contributed by atoms with E-state index in [0.717, 1.165) is 18.5 Å². The van der Waals surface area contributed by atoms with Crippen molar-refractivity contribution >= 4 is 23.3 Å². The summed E-state index contributed by atoms with van der Waals surface area (Å²) < 4.78 is 5.06. The van der Waals surface area contributed by atoms with Crippen LogP contribution < -0.4 is 4.90 Å². The van der Waals surface area contributed by atoms with Crippen molar-refractivity contribution in [2.24, 2.45) is 5.92 Å². The topological polar surface area (TPSA) is 53.3 Å². The van der Waals surface area contributed by atoms with Crippen LogP contribution >= 0.6 is 11.6 Å². The van der Waals surface area contributed by atoms with Crippen molar-refractivity contribution in [1.29, 1.82) is 5.26 Å². The number of piperidine rings is 1. The van der Waals surface area contributed by atoms with Gasteiger partial charge < -0.3 is 9.64 Å². The van der Waals surface area contributed by atoms with E-state index in [9.17, 15) is 10.1 Å². The number of carbonyl (C=O) groups is 1. The van der Waals surface area contributed by atoms with E-state index >= 15 is 0 Å². The summed E-state index contributed by atoms with van der Waals surface area (Å²) in [5.41, 5.74) is 1.35. The van der Waals surface area contributed by atoms with Gasteiger partial charge in [0.2, 0.25) is 0 Å². The molecule has 2 rings (SSSR count). The number of para-hydroxylation sites is 1. The lowest BCUT2D eigenvalue weighted by Gasteiger charge is -2.33. The maximum Gasteiger partial charge on any atom is 0.309 e. The molecule has 0 radical (unpaired) electrons. The minimum atomic E-state index is -0.119. The van der Waals surface area contributed by atoms with E-state index in [0.29, 0.717) is 30.3 Å². The summed E-state index contributed by atoms with van der Waals surface area (Å²) in [5.74, 6) is -0.161. The highest BCUT2D eigenvalue weighted by Crippen LogP contribution is 2.32. The third-order valence-electron chi connectivity index (χ3n) is 3.54. The molecule has 0 bridgehead atoms. The average molecular weight is 293 g/mol. The second kappa shape index (κ2) is 6.62. The van der Waals surface area contributed by atoms with Gasteiger partial charge in [0.1, 0.15) is 6.07 Å². The Morgan fingerprint density at radius 2 is 2.20 bits per heavy atom. The summed E-state index contributed by atoms with van der Waals surface area (Å²) in [7, 11) is 0. The fourth-order valence-corrected chi connectivity index (χ4v) is 2.82. The molecule has 1 aliphatic rings. The third kappa shape index (κ3) is 3.05. The van der Waals surface area contributed by atoms with Crippen molar-refractivity contribution in [3.05, 3.63) is 28.8 Å². The Bertz CT molecular complexity index is 531. The van der Waals surface area contributed by atoms with Crippen LogP contribution in [-0.2, 0) is 9.53 Å². The van der Waals surface area contributed by atoms with E-state index in [1.54, 1.807) is 18.2 Å². The molecule has 0 aromatic heterocycles. The van der Waals surface area contributed by atoms with Crippen molar-refractivity contribution in [2.45, 2.75) is 19.8 Å². The van der Waals surface area contributed by atoms with Gasteiger partial charge in [0.05, 0.1) is 28.8 Å². The fraction of sp³-hybridized carbons (Fsp3) is 0.467. The fourth-order valence-electron chi connectivity index (χ4n) is 2.53. The number of benzene rings is 1. The maximum absolute atomic E-state index is 11.7. The van der Waals surface area contributed by atoms with E-state index in [1.165, 1.54) is 0 Å². The number of hydrogen-bond donors (Lipinski definition) is 0. The number of halogens is 1. The van der Waals surface area contributed by atoms with E-state index in [1.807, 2.05) is 6.92 Å². The predicted octanol–water partition coefficient (Wildman–Crippen LogP) is 2.99. The van der Waals surface area contributed by atoms with Gasteiger partial charge in [-0.15, -0.1) is 0 Å². The van der Waals surface area contributed by atoms with Crippen LogP contribution in [0.3, 0.4) is 0 Å². The number of nitrogens with zero attached hydrogens (tertiary/aromatic N) is 2. The molecule has 0 spiro atoms. The zero-order chi connectivity index (χ0) is 14.5. The standard InChI is InChI=1S/C15H17ClN2O2/c1-2-20-15(19)11-6-8-18(9-7-11)14-12(10-17)4-3-5-13(14)16/h3-5,11H,2,6-9H2,1H3. The SMILES string of the molecule is CCOC(=O)C1CCN(c2c(Cl)cccc2C#N)CC1. The van der Waals surface area contributed by atoms with Crippen LogP contribution in [0.1, 0.15) is 25.3 Å². The Labute approximate surface area is 123 Å². The Morgan fingerprint density at radius 3 is 2.80 bits per heavy atom. The van der Waals surface area contributed by atoms with E-state index < -0.39 is 0 Å². The smallest absolute Gasteiger partial charge is 0.309 e. The molecule has 0 amide bonds. The molecule has 0 aliphatic carbocycles. The lowest BCUT2D eigenvalue weighted by atomic mass is 9.96. The van der Waals surface area contributed by atoms with Gasteiger partial charge in [-0.2, -0.15) is 5.26 Å². The first kappa shape index (κ1) is 14.7. The van der Waals surface area contributed by atoms with Crippen LogP contribution in [0.25, 0.3) is 0 Å². The highest BCUT2D eigenvalue weighted by Gasteiger charge is 2.27. The molecule has 5 heteroatoms. The van der Waals surface area contributed by atoms with Gasteiger partial charge in [0, 0.05) is 13.1 Å². The molecule has 1 heterocycles. The number of esters is 1. The monoisotopic (exact) mass is 292 g/mol. The van der Waals surface area contributed by atoms with Crippen molar-refractivity contribution in [3.8, 4) is 6.07 Å². The van der Waals surface area contributed by atoms with Gasteiger partial charge in [0.15, 0.2) is 0 Å². The normalized spacial score (nSPS) is 15.8. The summed E-state index contributed by atoms with van der Waals surface area (Å²) in [5, 5.41) is 9.76. The van der Waals surface area contributed by atoms with E-state index in [4.69, 9.17) is 16.3 Å². The molecular weight excluding hydrogens is 276 g/mol. The summed E-state index contributed by atoms with van der Waals surface area (Å²) in [6.07, 6.45) is 1.46. The van der Waals surface area contributed by atoms with Gasteiger partial charge in [-0.25, -0.2) is 0 Å². The molecule has 1 saturated heterocycles. The Hall–Kier alpha value is -1.73. The average Bonchev–Trinajstić information content (AvgIpc) is 2.47. The number of ether oxygens (including phenoxy) is 1. The third-order valence-corrected chi connectivity index (χ3v) is 3.84. The molecule has 4 nitrogen and oxygen atoms in total. The summed E-state index contributed by atoms with van der Waals surface area (Å²) >= 11 is 6.21. The zero-order valence-electron chi connectivity index (χ0n) is 11.4. The number of carbonyl (C=O) groups excluding carboxylic acids is 1. The minimum Gasteiger partial charge on any atom is -0.466 e. The quantitative estimate of drug-likeness (QED) is 0.804. The Morgan fingerprint density at radius 1 is 1.50 bits per heavy atom. The zero-order valence-corrected chi connectivity index (χ0v) is 12.2. The molecule has 1 aliphatic heterocycles. The van der Waals surface area contributed by atoms with Crippen LogP contribution in [0.5, 0.6) is 0 Å². The number of hydrogen-bond acceptors (Lipinski definition) is 4. The first-order valence-corrected chi connectivity index (χ1v) is 7.15. The van der Waals surface area contributed by atoms with Gasteiger partial charge in [-0.3, -0.25) is 4.79 Å². The van der Waals surface area contributed by atoms with Crippen molar-refractivity contribution in [2.75, 3.05) is 24.6 Å². The largest absolute Gasteiger partial charge is 0.466 e. The predicted molar refractivity (Wildman–Crippen MR) is 77.7 cm³/mol. The molecule has 0 unspecified atom stereocenters. The van der Waals surface area contributed by atoms with Gasteiger partial charge in [-0.05, 0) is 31.9 Å². The summed E-state index contributed by atoms with van der Waals surface area (Å²) in [4.78, 5) is 13.8. The molecule has 20 heavy (non-hydrogen) atoms. The number of nitriles is 1. The van der Waals surface area contributed by atoms with Gasteiger partial charge in [0.25, 0.3) is 0 Å². The molecule has 0 saturated carbocycles. The lowest BCUT2D eigenvalue weighted by Crippen LogP contribution is -2.37. The minimum absolute atomic E-state index is 0.0424. The van der Waals surface area contributed by atoms with Crippen LogP contribution in [0, 0.1) is 17.2 Å². The number of rotatable bonds is 3. The first-order valence-electron chi connectivity index (χ1n) is 6.77. The summed E-state index contributed by atoms with van der Waals surface area (Å²) in [6, 6.07) is 7.49. The lowest BCUT2D eigenvalue weighted by molar-refractivity contribution is -0.148. The first-order chi connectivity index (χ1) is 9.67. The molecule has 106 valence electrons.